The lowest BCUT2D eigenvalue weighted by Gasteiger charge is -2.07. The highest BCUT2D eigenvalue weighted by atomic mass is 19.1. The summed E-state index contributed by atoms with van der Waals surface area (Å²) in [6.07, 6.45) is 1.18. The van der Waals surface area contributed by atoms with Crippen molar-refractivity contribution in [2.75, 3.05) is 19.0 Å². The van der Waals surface area contributed by atoms with Crippen molar-refractivity contribution >= 4 is 11.6 Å². The Morgan fingerprint density at radius 1 is 1.13 bits per heavy atom. The molecule has 0 radical (unpaired) electrons. The molecule has 23 heavy (non-hydrogen) atoms. The zero-order chi connectivity index (χ0) is 16.7. The molecule has 2 aromatic rings. The van der Waals surface area contributed by atoms with Crippen LogP contribution in [-0.4, -0.2) is 19.6 Å². The molecule has 0 aliphatic heterocycles. The molecule has 0 saturated heterocycles. The number of nitrogens with zero attached hydrogens (tertiary/aromatic N) is 1. The van der Waals surface area contributed by atoms with Gasteiger partial charge in [0.05, 0.1) is 7.11 Å². The Bertz CT molecular complexity index is 652. The number of aryl methyl sites for hydroxylation is 1. The molecule has 0 saturated carbocycles. The van der Waals surface area contributed by atoms with Crippen molar-refractivity contribution in [1.82, 2.24) is 0 Å². The molecule has 4 nitrogen and oxygen atoms in total. The molecule has 6 heteroatoms. The summed E-state index contributed by atoms with van der Waals surface area (Å²) in [6.45, 7) is 0.465. The first kappa shape index (κ1) is 16.7. The summed E-state index contributed by atoms with van der Waals surface area (Å²) in [5.41, 5.74) is 7.21. The molecule has 0 fully saturated rings. The molecule has 0 atom stereocenters. The maximum atomic E-state index is 13.1. The molecule has 0 unspecified atom stereocenters. The normalized spacial score (nSPS) is 11.3. The van der Waals surface area contributed by atoms with Gasteiger partial charge in [0.15, 0.2) is 5.96 Å². The van der Waals surface area contributed by atoms with Crippen molar-refractivity contribution in [2.24, 2.45) is 10.7 Å². The summed E-state index contributed by atoms with van der Waals surface area (Å²) in [5, 5.41) is 2.96. The molecule has 0 heterocycles. The molecular weight excluding hydrogens is 300 g/mol. The van der Waals surface area contributed by atoms with Crippen LogP contribution in [0.2, 0.25) is 0 Å². The van der Waals surface area contributed by atoms with Crippen LogP contribution in [0.5, 0.6) is 5.75 Å². The monoisotopic (exact) mass is 319 g/mol. The Balaban J connectivity index is 1.80. The highest BCUT2D eigenvalue weighted by molar-refractivity contribution is 5.92. The van der Waals surface area contributed by atoms with Crippen molar-refractivity contribution in [1.29, 1.82) is 0 Å². The van der Waals surface area contributed by atoms with Crippen LogP contribution in [0.3, 0.4) is 0 Å². The number of ether oxygens (including phenoxy) is 1. The summed E-state index contributed by atoms with van der Waals surface area (Å²) in [7, 11) is 1.60. The number of halogens is 2. The molecule has 0 spiro atoms. The molecule has 2 aromatic carbocycles. The maximum Gasteiger partial charge on any atom is 0.193 e. The van der Waals surface area contributed by atoms with Crippen LogP contribution in [0, 0.1) is 11.6 Å². The smallest absolute Gasteiger partial charge is 0.193 e. The fourth-order valence-electron chi connectivity index (χ4n) is 2.10. The number of aliphatic imine (C=N–C) groups is 1. The number of nitrogens with two attached hydrogens (primary N) is 1. The van der Waals surface area contributed by atoms with E-state index in [0.717, 1.165) is 17.5 Å². The number of anilines is 1. The fourth-order valence-corrected chi connectivity index (χ4v) is 2.10. The molecule has 0 amide bonds. The van der Waals surface area contributed by atoms with E-state index in [1.807, 2.05) is 24.3 Å². The second kappa shape index (κ2) is 8.12. The van der Waals surface area contributed by atoms with E-state index in [-0.39, 0.29) is 0 Å². The van der Waals surface area contributed by atoms with Crippen LogP contribution in [0.1, 0.15) is 12.0 Å². The lowest BCUT2D eigenvalue weighted by atomic mass is 10.1. The Labute approximate surface area is 134 Å². The number of rotatable bonds is 6. The second-order valence-electron chi connectivity index (χ2n) is 5.00. The molecular formula is C17H19F2N3O. The molecule has 0 aliphatic rings. The van der Waals surface area contributed by atoms with Crippen molar-refractivity contribution in [3.8, 4) is 5.75 Å². The van der Waals surface area contributed by atoms with Gasteiger partial charge in [0.1, 0.15) is 17.4 Å². The maximum absolute atomic E-state index is 13.1. The lowest BCUT2D eigenvalue weighted by molar-refractivity contribution is 0.415. The van der Waals surface area contributed by atoms with Gasteiger partial charge >= 0.3 is 0 Å². The minimum atomic E-state index is -0.566. The Morgan fingerprint density at radius 2 is 1.78 bits per heavy atom. The fraction of sp³-hybridized carbons (Fsp3) is 0.235. The first-order chi connectivity index (χ1) is 11.1. The highest BCUT2D eigenvalue weighted by Gasteiger charge is 2.01. The van der Waals surface area contributed by atoms with Gasteiger partial charge in [0, 0.05) is 18.3 Å². The number of hydrogen-bond acceptors (Lipinski definition) is 2. The Morgan fingerprint density at radius 3 is 2.39 bits per heavy atom. The summed E-state index contributed by atoms with van der Waals surface area (Å²) in [5.74, 6) is -0.0812. The molecule has 0 aliphatic carbocycles. The van der Waals surface area contributed by atoms with Gasteiger partial charge in [-0.3, -0.25) is 4.99 Å². The van der Waals surface area contributed by atoms with Gasteiger partial charge < -0.3 is 15.8 Å². The van der Waals surface area contributed by atoms with Crippen LogP contribution in [0.4, 0.5) is 14.5 Å². The Hall–Kier alpha value is -2.63. The van der Waals surface area contributed by atoms with Crippen LogP contribution in [0.25, 0.3) is 0 Å². The van der Waals surface area contributed by atoms with Crippen LogP contribution >= 0.6 is 0 Å². The topological polar surface area (TPSA) is 59.6 Å². The largest absolute Gasteiger partial charge is 0.497 e. The van der Waals surface area contributed by atoms with Crippen molar-refractivity contribution in [2.45, 2.75) is 12.8 Å². The van der Waals surface area contributed by atoms with Gasteiger partial charge in [-0.15, -0.1) is 0 Å². The summed E-state index contributed by atoms with van der Waals surface area (Å²) >= 11 is 0. The van der Waals surface area contributed by atoms with Gasteiger partial charge in [0.2, 0.25) is 0 Å². The van der Waals surface area contributed by atoms with Gasteiger partial charge in [-0.25, -0.2) is 8.78 Å². The van der Waals surface area contributed by atoms with Crippen LogP contribution in [-0.2, 0) is 6.42 Å². The predicted molar refractivity (Wildman–Crippen MR) is 87.8 cm³/mol. The third-order valence-electron chi connectivity index (χ3n) is 3.19. The summed E-state index contributed by atoms with van der Waals surface area (Å²) < 4.78 is 31.2. The lowest BCUT2D eigenvalue weighted by Crippen LogP contribution is -2.22. The average Bonchev–Trinajstić information content (AvgIpc) is 2.51. The van der Waals surface area contributed by atoms with Crippen molar-refractivity contribution in [3.63, 3.8) is 0 Å². The van der Waals surface area contributed by atoms with Gasteiger partial charge in [-0.1, -0.05) is 0 Å². The highest BCUT2D eigenvalue weighted by Crippen LogP contribution is 2.14. The van der Waals surface area contributed by atoms with E-state index in [2.05, 4.69) is 10.3 Å². The zero-order valence-corrected chi connectivity index (χ0v) is 12.9. The number of hydrogen-bond donors (Lipinski definition) is 2. The van der Waals surface area contributed by atoms with Crippen molar-refractivity contribution < 1.29 is 13.5 Å². The summed E-state index contributed by atoms with van der Waals surface area (Å²) in [4.78, 5) is 4.19. The Kier molecular flexibility index (Phi) is 5.91. The molecule has 0 bridgehead atoms. The molecule has 3 N–H and O–H groups in total. The minimum absolute atomic E-state index is 0.292. The number of nitrogens with one attached hydrogen (secondary N) is 1. The standard InChI is InChI=1S/C17H19F2N3O/c1-23-16-6-4-15(5-7-16)22-17(20)21-8-2-3-12-9-13(18)11-14(19)10-12/h4-7,9-11H,2-3,8H2,1H3,(H3,20,21,22). The zero-order valence-electron chi connectivity index (χ0n) is 12.9. The van der Waals surface area contributed by atoms with E-state index in [0.29, 0.717) is 30.9 Å². The third kappa shape index (κ3) is 5.58. The van der Waals surface area contributed by atoms with Crippen molar-refractivity contribution in [3.05, 3.63) is 59.7 Å². The molecule has 0 aromatic heterocycles. The SMILES string of the molecule is COc1ccc(NC(N)=NCCCc2cc(F)cc(F)c2)cc1. The quantitative estimate of drug-likeness (QED) is 0.488. The van der Waals surface area contributed by atoms with E-state index in [9.17, 15) is 8.78 Å². The summed E-state index contributed by atoms with van der Waals surface area (Å²) in [6, 6.07) is 10.8. The van der Waals surface area contributed by atoms with Crippen LogP contribution in [0.15, 0.2) is 47.5 Å². The minimum Gasteiger partial charge on any atom is -0.497 e. The van der Waals surface area contributed by atoms with E-state index in [1.165, 1.54) is 12.1 Å². The second-order valence-corrected chi connectivity index (χ2v) is 5.00. The predicted octanol–water partition coefficient (Wildman–Crippen LogP) is 3.33. The van der Waals surface area contributed by atoms with Gasteiger partial charge in [0.25, 0.3) is 0 Å². The van der Waals surface area contributed by atoms with E-state index >= 15 is 0 Å². The molecule has 2 rings (SSSR count). The van der Waals surface area contributed by atoms with Crippen LogP contribution < -0.4 is 15.8 Å². The van der Waals surface area contributed by atoms with E-state index in [1.54, 1.807) is 7.11 Å². The van der Waals surface area contributed by atoms with Gasteiger partial charge in [-0.05, 0) is 54.8 Å². The van der Waals surface area contributed by atoms with Gasteiger partial charge in [-0.2, -0.15) is 0 Å². The third-order valence-corrected chi connectivity index (χ3v) is 3.19. The number of guanidine groups is 1. The molecule has 122 valence electrons. The first-order valence-corrected chi connectivity index (χ1v) is 7.23. The van der Waals surface area contributed by atoms with E-state index in [4.69, 9.17) is 10.5 Å². The number of benzene rings is 2. The van der Waals surface area contributed by atoms with E-state index < -0.39 is 11.6 Å². The number of methoxy groups -OCH3 is 1. The first-order valence-electron chi connectivity index (χ1n) is 7.23. The average molecular weight is 319 g/mol.